The summed E-state index contributed by atoms with van der Waals surface area (Å²) in [6.45, 7) is 0.0592. The van der Waals surface area contributed by atoms with Crippen molar-refractivity contribution in [2.75, 3.05) is 0 Å². The molecule has 2 aliphatic rings. The van der Waals surface area contributed by atoms with Gasteiger partial charge in [0.2, 0.25) is 17.6 Å². The Morgan fingerprint density at radius 3 is 2.48 bits per heavy atom. The number of amides is 4. The molecule has 0 spiro atoms. The number of fused-ring (bicyclic) bond motifs is 1. The summed E-state index contributed by atoms with van der Waals surface area (Å²) in [5, 5.41) is 6.24. The van der Waals surface area contributed by atoms with Crippen molar-refractivity contribution in [1.82, 2.24) is 15.5 Å². The summed E-state index contributed by atoms with van der Waals surface area (Å²) in [4.78, 5) is 62.6. The molecule has 0 bridgehead atoms. The Balaban J connectivity index is 1.40. The first-order valence-electron chi connectivity index (χ1n) is 9.80. The van der Waals surface area contributed by atoms with Gasteiger partial charge in [-0.05, 0) is 24.1 Å². The molecule has 1 unspecified atom stereocenters. The zero-order valence-electron chi connectivity index (χ0n) is 16.8. The van der Waals surface area contributed by atoms with Crippen LogP contribution >= 0.6 is 11.3 Å². The van der Waals surface area contributed by atoms with Crippen molar-refractivity contribution < 1.29 is 37.1 Å². The van der Waals surface area contributed by atoms with E-state index in [-0.39, 0.29) is 37.4 Å². The summed E-state index contributed by atoms with van der Waals surface area (Å²) in [5.41, 5.74) is -0.102. The first-order valence-corrected chi connectivity index (χ1v) is 10.7. The van der Waals surface area contributed by atoms with Crippen LogP contribution in [-0.2, 0) is 33.6 Å². The average Bonchev–Trinajstić information content (AvgIpc) is 3.31. The number of halogens is 3. The molecule has 3 heterocycles. The topological polar surface area (TPSA) is 113 Å². The second kappa shape index (κ2) is 8.43. The maximum atomic E-state index is 12.7. The van der Waals surface area contributed by atoms with E-state index in [1.54, 1.807) is 5.38 Å². The van der Waals surface area contributed by atoms with E-state index in [9.17, 15) is 37.1 Å². The number of carbonyl (C=O) groups excluding carboxylic acids is 5. The van der Waals surface area contributed by atoms with E-state index in [2.05, 4.69) is 10.6 Å². The van der Waals surface area contributed by atoms with Crippen LogP contribution in [0.3, 0.4) is 0 Å². The van der Waals surface area contributed by atoms with Crippen molar-refractivity contribution in [2.45, 2.75) is 38.1 Å². The largest absolute Gasteiger partial charge is 0.416 e. The fraction of sp³-hybridized carbons (Fsp3) is 0.286. The molecule has 0 radical (unpaired) electrons. The third-order valence-corrected chi connectivity index (χ3v) is 6.51. The van der Waals surface area contributed by atoms with E-state index in [1.807, 2.05) is 0 Å². The number of benzene rings is 1. The van der Waals surface area contributed by atoms with Crippen molar-refractivity contribution in [3.63, 3.8) is 0 Å². The molecule has 0 saturated carbocycles. The lowest BCUT2D eigenvalue weighted by Gasteiger charge is -2.29. The van der Waals surface area contributed by atoms with Crippen LogP contribution in [0.15, 0.2) is 29.6 Å². The number of rotatable bonds is 5. The summed E-state index contributed by atoms with van der Waals surface area (Å²) in [6.07, 6.45) is -4.21. The van der Waals surface area contributed by atoms with Gasteiger partial charge in [0.05, 0.1) is 17.7 Å². The van der Waals surface area contributed by atoms with Crippen LogP contribution in [0.2, 0.25) is 0 Å². The number of thiophene rings is 1. The molecule has 8 nitrogen and oxygen atoms in total. The van der Waals surface area contributed by atoms with Gasteiger partial charge in [0, 0.05) is 28.8 Å². The number of alkyl halides is 3. The molecule has 2 N–H and O–H groups in total. The lowest BCUT2D eigenvalue weighted by molar-refractivity contribution is -0.138. The number of hydrogen-bond acceptors (Lipinski definition) is 6. The fourth-order valence-electron chi connectivity index (χ4n) is 3.73. The number of nitrogens with zero attached hydrogens (tertiary/aromatic N) is 1. The van der Waals surface area contributed by atoms with Crippen molar-refractivity contribution in [1.29, 1.82) is 0 Å². The van der Waals surface area contributed by atoms with E-state index in [1.165, 1.54) is 16.2 Å². The van der Waals surface area contributed by atoms with Gasteiger partial charge in [-0.25, -0.2) is 0 Å². The van der Waals surface area contributed by atoms with E-state index < -0.39 is 41.3 Å². The van der Waals surface area contributed by atoms with Crippen LogP contribution in [-0.4, -0.2) is 40.4 Å². The van der Waals surface area contributed by atoms with Crippen molar-refractivity contribution in [3.05, 3.63) is 56.8 Å². The third kappa shape index (κ3) is 4.38. The van der Waals surface area contributed by atoms with Gasteiger partial charge in [-0.3, -0.25) is 29.3 Å². The lowest BCUT2D eigenvalue weighted by atomic mass is 10.0. The number of carbonyl (C=O) groups is 5. The molecule has 1 fully saturated rings. The fourth-order valence-corrected chi connectivity index (χ4v) is 4.71. The maximum absolute atomic E-state index is 12.7. The van der Waals surface area contributed by atoms with Crippen LogP contribution in [0, 0.1) is 0 Å². The monoisotopic (exact) mass is 479 g/mol. The van der Waals surface area contributed by atoms with Crippen LogP contribution in [0.1, 0.15) is 49.6 Å². The van der Waals surface area contributed by atoms with Gasteiger partial charge in [0.1, 0.15) is 6.04 Å². The second-order valence-electron chi connectivity index (χ2n) is 7.54. The zero-order chi connectivity index (χ0) is 23.9. The quantitative estimate of drug-likeness (QED) is 0.387. The number of Topliss-reactive ketones (excluding diaryl/α,β-unsaturated/α-hetero) is 1. The highest BCUT2D eigenvalue weighted by Crippen LogP contribution is 2.34. The number of imide groups is 1. The molecular weight excluding hydrogens is 463 g/mol. The predicted octanol–water partition coefficient (Wildman–Crippen LogP) is 2.03. The Kier molecular flexibility index (Phi) is 5.78. The van der Waals surface area contributed by atoms with Gasteiger partial charge < -0.3 is 10.2 Å². The highest BCUT2D eigenvalue weighted by Gasteiger charge is 2.40. The third-order valence-electron chi connectivity index (χ3n) is 5.48. The molecule has 2 aliphatic heterocycles. The molecule has 1 saturated heterocycles. The van der Waals surface area contributed by atoms with Crippen molar-refractivity contribution >= 4 is 40.7 Å². The Labute approximate surface area is 188 Å². The van der Waals surface area contributed by atoms with Gasteiger partial charge in [-0.1, -0.05) is 12.1 Å². The van der Waals surface area contributed by atoms with E-state index >= 15 is 0 Å². The molecule has 2 aromatic rings. The van der Waals surface area contributed by atoms with E-state index in [4.69, 9.17) is 0 Å². The minimum absolute atomic E-state index is 0.0678. The minimum atomic E-state index is -4.55. The maximum Gasteiger partial charge on any atom is 0.416 e. The first-order chi connectivity index (χ1) is 15.6. The molecule has 1 atom stereocenters. The molecule has 1 aromatic carbocycles. The van der Waals surface area contributed by atoms with Gasteiger partial charge in [0.15, 0.2) is 0 Å². The number of piperidine rings is 1. The van der Waals surface area contributed by atoms with E-state index in [0.29, 0.717) is 16.0 Å². The van der Waals surface area contributed by atoms with E-state index in [0.717, 1.165) is 24.3 Å². The predicted molar refractivity (Wildman–Crippen MR) is 108 cm³/mol. The Morgan fingerprint density at radius 1 is 1.15 bits per heavy atom. The molecule has 4 rings (SSSR count). The molecule has 0 aliphatic carbocycles. The van der Waals surface area contributed by atoms with Crippen LogP contribution in [0.25, 0.3) is 0 Å². The highest BCUT2D eigenvalue weighted by atomic mass is 32.1. The average molecular weight is 479 g/mol. The molecule has 172 valence electrons. The smallest absolute Gasteiger partial charge is 0.344 e. The molecular formula is C21H16F3N3O5S. The highest BCUT2D eigenvalue weighted by molar-refractivity contribution is 7.10. The number of hydrogen-bond donors (Lipinski definition) is 2. The first kappa shape index (κ1) is 22.6. The summed E-state index contributed by atoms with van der Waals surface area (Å²) in [7, 11) is 0. The SMILES string of the molecule is O=C1CCC(N2Cc3c(csc3CNC(=O)C(=O)c3ccc(C(F)(F)F)cc3)C2=O)C(=O)N1. The Hall–Kier alpha value is -3.54. The van der Waals surface area contributed by atoms with Crippen LogP contribution < -0.4 is 10.6 Å². The zero-order valence-corrected chi connectivity index (χ0v) is 17.6. The number of nitrogens with one attached hydrogen (secondary N) is 2. The van der Waals surface area contributed by atoms with Crippen LogP contribution in [0.5, 0.6) is 0 Å². The molecule has 12 heteroatoms. The summed E-state index contributed by atoms with van der Waals surface area (Å²) >= 11 is 1.21. The van der Waals surface area contributed by atoms with Gasteiger partial charge in [0.25, 0.3) is 11.8 Å². The Bertz CT molecular complexity index is 1170. The summed E-state index contributed by atoms with van der Waals surface area (Å²) in [5.74, 6) is -3.26. The molecule has 33 heavy (non-hydrogen) atoms. The van der Waals surface area contributed by atoms with Gasteiger partial charge in [-0.2, -0.15) is 13.2 Å². The van der Waals surface area contributed by atoms with Crippen LogP contribution in [0.4, 0.5) is 13.2 Å². The summed E-state index contributed by atoms with van der Waals surface area (Å²) < 4.78 is 38.0. The van der Waals surface area contributed by atoms with Crippen molar-refractivity contribution in [3.8, 4) is 0 Å². The number of ketones is 1. The minimum Gasteiger partial charge on any atom is -0.344 e. The Morgan fingerprint density at radius 2 is 1.85 bits per heavy atom. The molecule has 4 amide bonds. The molecule has 1 aromatic heterocycles. The second-order valence-corrected chi connectivity index (χ2v) is 8.50. The summed E-state index contributed by atoms with van der Waals surface area (Å²) in [6, 6.07) is 2.55. The van der Waals surface area contributed by atoms with Gasteiger partial charge >= 0.3 is 6.18 Å². The van der Waals surface area contributed by atoms with Crippen molar-refractivity contribution in [2.24, 2.45) is 0 Å². The lowest BCUT2D eigenvalue weighted by Crippen LogP contribution is -2.52. The standard InChI is InChI=1S/C21H16F3N3O5S/c22-21(23,24)11-3-1-10(2-4-11)17(29)19(31)25-7-15-12-8-27(20(32)13(12)9-33-15)14-5-6-16(28)26-18(14)30/h1-4,9,14H,5-8H2,(H,25,31)(H,26,28,30). The van der Waals surface area contributed by atoms with Gasteiger partial charge in [-0.15, -0.1) is 11.3 Å². The normalized spacial score (nSPS) is 18.2.